The molecule has 1 N–H and O–H groups in total. The van der Waals surface area contributed by atoms with Crippen molar-refractivity contribution in [3.63, 3.8) is 0 Å². The van der Waals surface area contributed by atoms with Gasteiger partial charge in [-0.1, -0.05) is 6.92 Å². The van der Waals surface area contributed by atoms with Crippen molar-refractivity contribution >= 4 is 17.7 Å². The highest BCUT2D eigenvalue weighted by Gasteiger charge is 2.12. The Morgan fingerprint density at radius 2 is 2.14 bits per heavy atom. The normalized spacial score (nSPS) is 10.9. The minimum absolute atomic E-state index is 0.0138. The van der Waals surface area contributed by atoms with Crippen molar-refractivity contribution in [1.29, 1.82) is 0 Å². The van der Waals surface area contributed by atoms with Crippen LogP contribution in [-0.2, 0) is 0 Å². The van der Waals surface area contributed by atoms with Gasteiger partial charge in [0, 0.05) is 6.54 Å². The number of hydrogen-bond acceptors (Lipinski definition) is 7. The molecule has 0 spiro atoms. The highest BCUT2D eigenvalue weighted by molar-refractivity contribution is 7.99. The van der Waals surface area contributed by atoms with Crippen molar-refractivity contribution in [1.82, 2.24) is 15.0 Å². The average molecular weight is 308 g/mol. The number of aromatic nitrogens is 3. The van der Waals surface area contributed by atoms with Crippen molar-refractivity contribution in [3.05, 3.63) is 18.1 Å². The van der Waals surface area contributed by atoms with Crippen molar-refractivity contribution < 1.29 is 9.15 Å². The molecule has 0 aromatic carbocycles. The predicted octanol–water partition coefficient (Wildman–Crippen LogP) is 3.53. The first-order valence-corrected chi connectivity index (χ1v) is 7.78. The van der Waals surface area contributed by atoms with Gasteiger partial charge in [-0.2, -0.15) is 15.0 Å². The van der Waals surface area contributed by atoms with Crippen molar-refractivity contribution in [2.45, 2.75) is 50.3 Å². The molecule has 0 unspecified atom stereocenters. The molecule has 7 heteroatoms. The molecule has 0 aliphatic carbocycles. The summed E-state index contributed by atoms with van der Waals surface area (Å²) in [5, 5.41) is 3.75. The zero-order chi connectivity index (χ0) is 15.2. The number of nitrogens with one attached hydrogen (secondary N) is 1. The smallest absolute Gasteiger partial charge is 0.322 e. The molecule has 0 fully saturated rings. The second kappa shape index (κ2) is 7.31. The Bertz CT molecular complexity index is 586. The van der Waals surface area contributed by atoms with E-state index in [1.165, 1.54) is 11.8 Å². The van der Waals surface area contributed by atoms with Gasteiger partial charge in [-0.3, -0.25) is 0 Å². The minimum Gasteiger partial charge on any atom is -0.468 e. The Morgan fingerprint density at radius 3 is 2.76 bits per heavy atom. The maximum atomic E-state index is 5.59. The van der Waals surface area contributed by atoms with Crippen LogP contribution in [0.15, 0.2) is 26.8 Å². The van der Waals surface area contributed by atoms with Crippen LogP contribution in [0.1, 0.15) is 33.0 Å². The van der Waals surface area contributed by atoms with Crippen molar-refractivity contribution in [2.24, 2.45) is 0 Å². The Balaban J connectivity index is 2.23. The number of anilines is 1. The maximum absolute atomic E-state index is 5.59. The average Bonchev–Trinajstić information content (AvgIpc) is 2.81. The number of ether oxygens (including phenoxy) is 1. The lowest BCUT2D eigenvalue weighted by atomic mass is 10.5. The van der Waals surface area contributed by atoms with Crippen LogP contribution in [0, 0.1) is 6.92 Å². The molecule has 114 valence electrons. The van der Waals surface area contributed by atoms with E-state index in [0.717, 1.165) is 23.6 Å². The standard InChI is InChI=1S/C14H20N4O2S/c1-5-7-15-12-16-13(20-9(2)3)18-14(17-12)21-11-6-8-19-10(11)4/h6,8-9H,5,7H2,1-4H3,(H,15,16,17,18). The molecule has 0 aliphatic heterocycles. The molecule has 0 bridgehead atoms. The molecule has 0 radical (unpaired) electrons. The Labute approximate surface area is 128 Å². The molecule has 2 aromatic rings. The van der Waals surface area contributed by atoms with Crippen molar-refractivity contribution in [2.75, 3.05) is 11.9 Å². The second-order valence-electron chi connectivity index (χ2n) is 4.76. The third kappa shape index (κ3) is 4.63. The lowest BCUT2D eigenvalue weighted by molar-refractivity contribution is 0.219. The van der Waals surface area contributed by atoms with E-state index in [4.69, 9.17) is 9.15 Å². The van der Waals surface area contributed by atoms with Crippen LogP contribution >= 0.6 is 11.8 Å². The first-order valence-electron chi connectivity index (χ1n) is 6.97. The fraction of sp³-hybridized carbons (Fsp3) is 0.500. The largest absolute Gasteiger partial charge is 0.468 e. The molecule has 0 atom stereocenters. The SMILES string of the molecule is CCCNc1nc(OC(C)C)nc(Sc2ccoc2C)n1. The minimum atomic E-state index is 0.0138. The molecule has 6 nitrogen and oxygen atoms in total. The summed E-state index contributed by atoms with van der Waals surface area (Å²) in [5.41, 5.74) is 0. The van der Waals surface area contributed by atoms with Crippen LogP contribution in [0.5, 0.6) is 6.01 Å². The van der Waals surface area contributed by atoms with Gasteiger partial charge >= 0.3 is 6.01 Å². The summed E-state index contributed by atoms with van der Waals surface area (Å²) in [6.07, 6.45) is 2.66. The van der Waals surface area contributed by atoms with Crippen LogP contribution in [-0.4, -0.2) is 27.6 Å². The molecule has 0 amide bonds. The van der Waals surface area contributed by atoms with E-state index >= 15 is 0 Å². The summed E-state index contributed by atoms with van der Waals surface area (Å²) in [6, 6.07) is 2.23. The monoisotopic (exact) mass is 308 g/mol. The Kier molecular flexibility index (Phi) is 5.44. The van der Waals surface area contributed by atoms with Crippen LogP contribution in [0.4, 0.5) is 5.95 Å². The van der Waals surface area contributed by atoms with E-state index in [-0.39, 0.29) is 6.10 Å². The van der Waals surface area contributed by atoms with E-state index in [0.29, 0.717) is 17.1 Å². The lowest BCUT2D eigenvalue weighted by Crippen LogP contribution is -2.12. The second-order valence-corrected chi connectivity index (χ2v) is 5.77. The molecular formula is C14H20N4O2S. The molecule has 21 heavy (non-hydrogen) atoms. The Morgan fingerprint density at radius 1 is 1.33 bits per heavy atom. The predicted molar refractivity (Wildman–Crippen MR) is 81.9 cm³/mol. The van der Waals surface area contributed by atoms with Gasteiger partial charge in [0.1, 0.15) is 5.76 Å². The molecule has 2 aromatic heterocycles. The van der Waals surface area contributed by atoms with Crippen LogP contribution in [0.2, 0.25) is 0 Å². The van der Waals surface area contributed by atoms with E-state index < -0.39 is 0 Å². The quantitative estimate of drug-likeness (QED) is 0.838. The highest BCUT2D eigenvalue weighted by Crippen LogP contribution is 2.29. The van der Waals surface area contributed by atoms with Gasteiger partial charge in [-0.15, -0.1) is 0 Å². The molecule has 0 saturated carbocycles. The fourth-order valence-corrected chi connectivity index (χ4v) is 2.31. The molecule has 2 heterocycles. The fourth-order valence-electron chi connectivity index (χ4n) is 1.54. The number of furan rings is 1. The molecule has 2 rings (SSSR count). The summed E-state index contributed by atoms with van der Waals surface area (Å²) < 4.78 is 10.9. The number of hydrogen-bond donors (Lipinski definition) is 1. The zero-order valence-corrected chi connectivity index (χ0v) is 13.5. The lowest BCUT2D eigenvalue weighted by Gasteiger charge is -2.10. The van der Waals surface area contributed by atoms with E-state index in [2.05, 4.69) is 27.2 Å². The first kappa shape index (κ1) is 15.6. The topological polar surface area (TPSA) is 73.1 Å². The molecule has 0 aliphatic rings. The van der Waals surface area contributed by atoms with Crippen molar-refractivity contribution in [3.8, 4) is 6.01 Å². The molecular weight excluding hydrogens is 288 g/mol. The maximum Gasteiger partial charge on any atom is 0.322 e. The third-order valence-corrected chi connectivity index (χ3v) is 3.49. The van der Waals surface area contributed by atoms with Crippen LogP contribution in [0.3, 0.4) is 0 Å². The van der Waals surface area contributed by atoms with E-state index in [9.17, 15) is 0 Å². The highest BCUT2D eigenvalue weighted by atomic mass is 32.2. The molecule has 0 saturated heterocycles. The van der Waals surface area contributed by atoms with E-state index in [1.54, 1.807) is 6.26 Å². The summed E-state index contributed by atoms with van der Waals surface area (Å²) >= 11 is 1.43. The van der Waals surface area contributed by atoms with Gasteiger partial charge < -0.3 is 14.5 Å². The number of rotatable bonds is 7. The summed E-state index contributed by atoms with van der Waals surface area (Å²) in [7, 11) is 0. The zero-order valence-electron chi connectivity index (χ0n) is 12.7. The van der Waals surface area contributed by atoms with Gasteiger partial charge in [0.05, 0.1) is 17.3 Å². The number of nitrogens with zero attached hydrogens (tertiary/aromatic N) is 3. The Hall–Kier alpha value is -1.76. The summed E-state index contributed by atoms with van der Waals surface area (Å²) in [4.78, 5) is 14.0. The van der Waals surface area contributed by atoms with Crippen LogP contribution in [0.25, 0.3) is 0 Å². The van der Waals surface area contributed by atoms with Gasteiger partial charge in [-0.05, 0) is 45.0 Å². The first-order chi connectivity index (χ1) is 10.1. The van der Waals surface area contributed by atoms with Gasteiger partial charge in [0.2, 0.25) is 11.1 Å². The van der Waals surface area contributed by atoms with E-state index in [1.807, 2.05) is 26.8 Å². The third-order valence-electron chi connectivity index (χ3n) is 2.48. The summed E-state index contributed by atoms with van der Waals surface area (Å²) in [5.74, 6) is 1.38. The van der Waals surface area contributed by atoms with Gasteiger partial charge in [0.15, 0.2) is 0 Å². The van der Waals surface area contributed by atoms with Gasteiger partial charge in [-0.25, -0.2) is 0 Å². The van der Waals surface area contributed by atoms with Crippen LogP contribution < -0.4 is 10.1 Å². The number of aryl methyl sites for hydroxylation is 1. The summed E-state index contributed by atoms with van der Waals surface area (Å²) in [6.45, 7) is 8.68. The van der Waals surface area contributed by atoms with Gasteiger partial charge in [0.25, 0.3) is 0 Å².